The lowest BCUT2D eigenvalue weighted by molar-refractivity contribution is 0.0698. The highest BCUT2D eigenvalue weighted by Crippen LogP contribution is 2.24. The summed E-state index contributed by atoms with van der Waals surface area (Å²) in [7, 11) is 0. The summed E-state index contributed by atoms with van der Waals surface area (Å²) in [6.45, 7) is 0. The molecule has 5 nitrogen and oxygen atoms in total. The van der Waals surface area contributed by atoms with Gasteiger partial charge in [-0.25, -0.2) is 9.48 Å². The van der Waals surface area contributed by atoms with Crippen LogP contribution in [0.5, 0.6) is 0 Å². The van der Waals surface area contributed by atoms with Gasteiger partial charge in [-0.2, -0.15) is 5.10 Å². The number of aromatic nitrogens is 2. The van der Waals surface area contributed by atoms with E-state index in [4.69, 9.17) is 34.0 Å². The van der Waals surface area contributed by atoms with Crippen molar-refractivity contribution in [2.75, 3.05) is 5.73 Å². The van der Waals surface area contributed by atoms with E-state index in [0.717, 1.165) is 0 Å². The van der Waals surface area contributed by atoms with Gasteiger partial charge in [0.2, 0.25) is 0 Å². The molecule has 0 saturated heterocycles. The Kier molecular flexibility index (Phi) is 2.95. The summed E-state index contributed by atoms with van der Waals surface area (Å²) in [6, 6.07) is 4.73. The van der Waals surface area contributed by atoms with Crippen LogP contribution < -0.4 is 5.73 Å². The van der Waals surface area contributed by atoms with Gasteiger partial charge in [0.05, 0.1) is 11.9 Å². The van der Waals surface area contributed by atoms with Crippen LogP contribution in [0, 0.1) is 0 Å². The molecular weight excluding hydrogens is 265 g/mol. The Bertz CT molecular complexity index is 575. The molecule has 0 bridgehead atoms. The maximum Gasteiger partial charge on any atom is 0.341 e. The molecule has 0 aliphatic carbocycles. The number of halogens is 2. The maximum atomic E-state index is 10.8. The van der Waals surface area contributed by atoms with Gasteiger partial charge in [0.1, 0.15) is 11.4 Å². The summed E-state index contributed by atoms with van der Waals surface area (Å²) in [6.07, 6.45) is 1.17. The van der Waals surface area contributed by atoms with E-state index in [1.165, 1.54) is 10.9 Å². The molecule has 0 aliphatic rings. The van der Waals surface area contributed by atoms with Gasteiger partial charge in [0.25, 0.3) is 0 Å². The molecule has 88 valence electrons. The summed E-state index contributed by atoms with van der Waals surface area (Å²) in [4.78, 5) is 10.8. The molecule has 1 aromatic carbocycles. The van der Waals surface area contributed by atoms with Crippen LogP contribution in [0.25, 0.3) is 5.69 Å². The summed E-state index contributed by atoms with van der Waals surface area (Å²) >= 11 is 11.7. The van der Waals surface area contributed by atoms with Crippen LogP contribution in [0.2, 0.25) is 10.0 Å². The molecule has 2 rings (SSSR count). The highest BCUT2D eigenvalue weighted by Gasteiger charge is 2.15. The van der Waals surface area contributed by atoms with Crippen molar-refractivity contribution in [1.82, 2.24) is 9.78 Å². The Balaban J connectivity index is 2.57. The van der Waals surface area contributed by atoms with Gasteiger partial charge in [0, 0.05) is 10.0 Å². The van der Waals surface area contributed by atoms with Gasteiger partial charge >= 0.3 is 5.97 Å². The topological polar surface area (TPSA) is 81.1 Å². The Morgan fingerprint density at radius 3 is 2.35 bits per heavy atom. The van der Waals surface area contributed by atoms with E-state index in [9.17, 15) is 4.79 Å². The zero-order valence-electron chi connectivity index (χ0n) is 8.39. The van der Waals surface area contributed by atoms with Crippen molar-refractivity contribution in [2.24, 2.45) is 0 Å². The van der Waals surface area contributed by atoms with Gasteiger partial charge in [-0.05, 0) is 18.2 Å². The third-order valence-corrected chi connectivity index (χ3v) is 2.57. The van der Waals surface area contributed by atoms with Crippen molar-refractivity contribution in [3.8, 4) is 5.69 Å². The van der Waals surface area contributed by atoms with Crippen molar-refractivity contribution < 1.29 is 9.90 Å². The van der Waals surface area contributed by atoms with Crippen molar-refractivity contribution in [3.05, 3.63) is 40.0 Å². The molecule has 0 unspecified atom stereocenters. The quantitative estimate of drug-likeness (QED) is 0.879. The molecule has 1 heterocycles. The molecule has 0 amide bonds. The van der Waals surface area contributed by atoms with E-state index < -0.39 is 5.97 Å². The molecule has 2 aromatic rings. The molecule has 0 atom stereocenters. The van der Waals surface area contributed by atoms with E-state index in [0.29, 0.717) is 15.7 Å². The van der Waals surface area contributed by atoms with Crippen LogP contribution in [0.3, 0.4) is 0 Å². The van der Waals surface area contributed by atoms with E-state index >= 15 is 0 Å². The zero-order valence-corrected chi connectivity index (χ0v) is 9.90. The summed E-state index contributed by atoms with van der Waals surface area (Å²) in [5, 5.41) is 13.6. The van der Waals surface area contributed by atoms with Crippen molar-refractivity contribution in [3.63, 3.8) is 0 Å². The number of nitrogens with zero attached hydrogens (tertiary/aromatic N) is 2. The lowest BCUT2D eigenvalue weighted by atomic mass is 10.3. The fourth-order valence-corrected chi connectivity index (χ4v) is 1.90. The average Bonchev–Trinajstić information content (AvgIpc) is 2.58. The molecule has 17 heavy (non-hydrogen) atoms. The van der Waals surface area contributed by atoms with Gasteiger partial charge in [-0.15, -0.1) is 0 Å². The van der Waals surface area contributed by atoms with Crippen LogP contribution in [-0.4, -0.2) is 20.9 Å². The van der Waals surface area contributed by atoms with E-state index in [1.807, 2.05) is 0 Å². The number of aromatic carboxylic acids is 1. The van der Waals surface area contributed by atoms with Gasteiger partial charge in [-0.3, -0.25) is 0 Å². The fraction of sp³-hybridized carbons (Fsp3) is 0. The lowest BCUT2D eigenvalue weighted by Crippen LogP contribution is -2.05. The molecule has 0 fully saturated rings. The zero-order chi connectivity index (χ0) is 12.6. The summed E-state index contributed by atoms with van der Waals surface area (Å²) in [5.41, 5.74) is 6.11. The van der Waals surface area contributed by atoms with E-state index in [2.05, 4.69) is 5.10 Å². The summed E-state index contributed by atoms with van der Waals surface area (Å²) < 4.78 is 1.27. The molecule has 0 radical (unpaired) electrons. The highest BCUT2D eigenvalue weighted by atomic mass is 35.5. The first-order valence-corrected chi connectivity index (χ1v) is 5.28. The number of hydrogen-bond donors (Lipinski definition) is 2. The average molecular weight is 272 g/mol. The van der Waals surface area contributed by atoms with Crippen molar-refractivity contribution >= 4 is 35.0 Å². The Labute approximate surface area is 106 Å². The van der Waals surface area contributed by atoms with E-state index in [-0.39, 0.29) is 11.4 Å². The lowest BCUT2D eigenvalue weighted by Gasteiger charge is -2.05. The molecular formula is C10H7Cl2N3O2. The Morgan fingerprint density at radius 2 is 1.88 bits per heavy atom. The Morgan fingerprint density at radius 1 is 1.29 bits per heavy atom. The number of hydrogen-bond acceptors (Lipinski definition) is 3. The number of benzene rings is 1. The largest absolute Gasteiger partial charge is 0.477 e. The second kappa shape index (κ2) is 4.27. The molecule has 0 saturated carbocycles. The monoisotopic (exact) mass is 271 g/mol. The first kappa shape index (κ1) is 11.8. The molecule has 1 aromatic heterocycles. The minimum absolute atomic E-state index is 0.0239. The number of nitrogen functional groups attached to an aromatic ring is 1. The fourth-order valence-electron chi connectivity index (χ4n) is 1.39. The number of carboxylic acids is 1. The third kappa shape index (κ3) is 2.20. The number of anilines is 1. The number of rotatable bonds is 2. The second-order valence-electron chi connectivity index (χ2n) is 3.29. The molecule has 7 heteroatoms. The number of carboxylic acid groups (broad SMARTS) is 1. The normalized spacial score (nSPS) is 10.5. The molecule has 3 N–H and O–H groups in total. The number of carbonyl (C=O) groups is 1. The van der Waals surface area contributed by atoms with Crippen molar-refractivity contribution in [1.29, 1.82) is 0 Å². The van der Waals surface area contributed by atoms with Crippen LogP contribution in [0.1, 0.15) is 10.4 Å². The first-order valence-electron chi connectivity index (χ1n) is 4.52. The van der Waals surface area contributed by atoms with Crippen LogP contribution in [0.4, 0.5) is 5.82 Å². The van der Waals surface area contributed by atoms with Gasteiger partial charge in [-0.1, -0.05) is 23.2 Å². The predicted molar refractivity (Wildman–Crippen MR) is 65.0 cm³/mol. The maximum absolute atomic E-state index is 10.8. The number of nitrogens with two attached hydrogens (primary N) is 1. The SMILES string of the molecule is Nc1c(C(=O)O)cnn1-c1cc(Cl)cc(Cl)c1. The molecule has 0 spiro atoms. The van der Waals surface area contributed by atoms with Crippen molar-refractivity contribution in [2.45, 2.75) is 0 Å². The third-order valence-electron chi connectivity index (χ3n) is 2.13. The minimum atomic E-state index is -1.14. The first-order chi connectivity index (χ1) is 7.99. The van der Waals surface area contributed by atoms with E-state index in [1.54, 1.807) is 18.2 Å². The molecule has 0 aliphatic heterocycles. The smallest absolute Gasteiger partial charge is 0.341 e. The standard InChI is InChI=1S/C10H7Cl2N3O2/c11-5-1-6(12)3-7(2-5)15-9(13)8(4-14-15)10(16)17/h1-4H,13H2,(H,16,17). The van der Waals surface area contributed by atoms with Crippen LogP contribution >= 0.6 is 23.2 Å². The second-order valence-corrected chi connectivity index (χ2v) is 4.16. The Hall–Kier alpha value is -1.72. The summed E-state index contributed by atoms with van der Waals surface area (Å²) in [5.74, 6) is -1.11. The minimum Gasteiger partial charge on any atom is -0.477 e. The van der Waals surface area contributed by atoms with Crippen LogP contribution in [0.15, 0.2) is 24.4 Å². The van der Waals surface area contributed by atoms with Gasteiger partial charge in [0.15, 0.2) is 0 Å². The highest BCUT2D eigenvalue weighted by molar-refractivity contribution is 6.34. The van der Waals surface area contributed by atoms with Gasteiger partial charge < -0.3 is 10.8 Å². The van der Waals surface area contributed by atoms with Crippen LogP contribution in [-0.2, 0) is 0 Å². The predicted octanol–water partition coefficient (Wildman–Crippen LogP) is 2.46.